The van der Waals surface area contributed by atoms with E-state index in [9.17, 15) is 9.59 Å². The number of hydrogen-bond donors (Lipinski definition) is 2. The fraction of sp³-hybridized carbons (Fsp3) is 0.800. The summed E-state index contributed by atoms with van der Waals surface area (Å²) >= 11 is 0. The summed E-state index contributed by atoms with van der Waals surface area (Å²) in [5.74, 6) is -0.377. The summed E-state index contributed by atoms with van der Waals surface area (Å²) in [7, 11) is 0. The molecule has 0 aromatic carbocycles. The molecule has 86 valence electrons. The van der Waals surface area contributed by atoms with Gasteiger partial charge in [0.05, 0.1) is 0 Å². The smallest absolute Gasteiger partial charge is 0.323 e. The van der Waals surface area contributed by atoms with Crippen molar-refractivity contribution in [3.8, 4) is 0 Å². The van der Waals surface area contributed by atoms with Gasteiger partial charge in [0.2, 0.25) is 0 Å². The third-order valence-corrected chi connectivity index (χ3v) is 2.43. The van der Waals surface area contributed by atoms with Crippen molar-refractivity contribution in [2.75, 3.05) is 13.1 Å². The van der Waals surface area contributed by atoms with Crippen LogP contribution < -0.4 is 5.32 Å². The normalized spacial score (nSPS) is 15.1. The van der Waals surface area contributed by atoms with Crippen LogP contribution in [0, 0.1) is 5.92 Å². The standard InChI is InChI=1S/C10H18N2O3/c1-7(2)12(6-9(13)14)10(15)11-5-8-3-4-8/h7-8H,3-6H2,1-2H3,(H,11,15)(H,13,14). The summed E-state index contributed by atoms with van der Waals surface area (Å²) in [5.41, 5.74) is 0. The average Bonchev–Trinajstić information content (AvgIpc) is 2.93. The van der Waals surface area contributed by atoms with Gasteiger partial charge in [-0.05, 0) is 32.6 Å². The van der Waals surface area contributed by atoms with Crippen molar-refractivity contribution < 1.29 is 14.7 Å². The minimum absolute atomic E-state index is 0.0969. The summed E-state index contributed by atoms with van der Waals surface area (Å²) in [4.78, 5) is 23.5. The van der Waals surface area contributed by atoms with Gasteiger partial charge in [-0.3, -0.25) is 4.79 Å². The van der Waals surface area contributed by atoms with E-state index < -0.39 is 5.97 Å². The first-order valence-corrected chi connectivity index (χ1v) is 5.27. The van der Waals surface area contributed by atoms with Crippen molar-refractivity contribution in [1.29, 1.82) is 0 Å². The van der Waals surface area contributed by atoms with E-state index >= 15 is 0 Å². The predicted octanol–water partition coefficient (Wildman–Crippen LogP) is 0.901. The molecule has 0 heterocycles. The highest BCUT2D eigenvalue weighted by molar-refractivity contribution is 5.80. The molecule has 0 aromatic heterocycles. The lowest BCUT2D eigenvalue weighted by molar-refractivity contribution is -0.138. The maximum atomic E-state index is 11.6. The zero-order valence-electron chi connectivity index (χ0n) is 9.19. The van der Waals surface area contributed by atoms with Crippen molar-refractivity contribution in [2.45, 2.75) is 32.7 Å². The minimum atomic E-state index is -0.981. The van der Waals surface area contributed by atoms with Crippen LogP contribution >= 0.6 is 0 Å². The molecule has 0 aromatic rings. The molecule has 1 aliphatic carbocycles. The van der Waals surface area contributed by atoms with E-state index in [1.165, 1.54) is 17.7 Å². The molecule has 0 spiro atoms. The number of nitrogens with one attached hydrogen (secondary N) is 1. The van der Waals surface area contributed by atoms with Gasteiger partial charge in [-0.2, -0.15) is 0 Å². The second-order valence-corrected chi connectivity index (χ2v) is 4.24. The monoisotopic (exact) mass is 214 g/mol. The van der Waals surface area contributed by atoms with Crippen LogP contribution in [0.2, 0.25) is 0 Å². The molecule has 1 saturated carbocycles. The summed E-state index contributed by atoms with van der Waals surface area (Å²) < 4.78 is 0. The molecule has 5 heteroatoms. The highest BCUT2D eigenvalue weighted by atomic mass is 16.4. The van der Waals surface area contributed by atoms with Crippen LogP contribution in [0.25, 0.3) is 0 Å². The number of nitrogens with zero attached hydrogens (tertiary/aromatic N) is 1. The van der Waals surface area contributed by atoms with Gasteiger partial charge in [0.25, 0.3) is 0 Å². The first-order valence-electron chi connectivity index (χ1n) is 5.27. The molecule has 0 bridgehead atoms. The zero-order valence-corrected chi connectivity index (χ0v) is 9.19. The average molecular weight is 214 g/mol. The maximum absolute atomic E-state index is 11.6. The lowest BCUT2D eigenvalue weighted by atomic mass is 10.3. The third kappa shape index (κ3) is 4.18. The van der Waals surface area contributed by atoms with Crippen molar-refractivity contribution >= 4 is 12.0 Å². The first-order chi connectivity index (χ1) is 7.00. The molecule has 0 aliphatic heterocycles. The molecular weight excluding hydrogens is 196 g/mol. The molecule has 1 aliphatic rings. The van der Waals surface area contributed by atoms with E-state index in [0.717, 1.165) is 0 Å². The summed E-state index contributed by atoms with van der Waals surface area (Å²) in [6.45, 7) is 4.04. The van der Waals surface area contributed by atoms with Crippen LogP contribution in [0.4, 0.5) is 4.79 Å². The van der Waals surface area contributed by atoms with Crippen LogP contribution in [0.5, 0.6) is 0 Å². The van der Waals surface area contributed by atoms with Crippen molar-refractivity contribution in [1.82, 2.24) is 10.2 Å². The van der Waals surface area contributed by atoms with Gasteiger partial charge < -0.3 is 15.3 Å². The lowest BCUT2D eigenvalue weighted by Crippen LogP contribution is -2.46. The summed E-state index contributed by atoms with van der Waals surface area (Å²) in [6.07, 6.45) is 2.34. The highest BCUT2D eigenvalue weighted by Crippen LogP contribution is 2.27. The van der Waals surface area contributed by atoms with Gasteiger partial charge >= 0.3 is 12.0 Å². The molecule has 1 fully saturated rings. The molecule has 0 saturated heterocycles. The van der Waals surface area contributed by atoms with Crippen LogP contribution in [0.15, 0.2) is 0 Å². The summed E-state index contributed by atoms with van der Waals surface area (Å²) in [6, 6.07) is -0.375. The van der Waals surface area contributed by atoms with Crippen LogP contribution in [-0.2, 0) is 4.79 Å². The van der Waals surface area contributed by atoms with Gasteiger partial charge in [-0.25, -0.2) is 4.79 Å². The Balaban J connectivity index is 2.38. The second-order valence-electron chi connectivity index (χ2n) is 4.24. The molecule has 0 unspecified atom stereocenters. The molecule has 5 nitrogen and oxygen atoms in total. The molecule has 15 heavy (non-hydrogen) atoms. The van der Waals surface area contributed by atoms with E-state index in [4.69, 9.17) is 5.11 Å². The Bertz CT molecular complexity index is 249. The number of rotatable bonds is 5. The molecule has 0 atom stereocenters. The summed E-state index contributed by atoms with van der Waals surface area (Å²) in [5, 5.41) is 11.4. The topological polar surface area (TPSA) is 69.6 Å². The third-order valence-electron chi connectivity index (χ3n) is 2.43. The number of carboxylic acids is 1. The Hall–Kier alpha value is -1.26. The minimum Gasteiger partial charge on any atom is -0.480 e. The zero-order chi connectivity index (χ0) is 11.4. The number of urea groups is 1. The quantitative estimate of drug-likeness (QED) is 0.714. The molecule has 2 N–H and O–H groups in total. The molecular formula is C10H18N2O3. The largest absolute Gasteiger partial charge is 0.480 e. The number of hydrogen-bond acceptors (Lipinski definition) is 2. The number of amides is 2. The predicted molar refractivity (Wildman–Crippen MR) is 55.6 cm³/mol. The fourth-order valence-corrected chi connectivity index (χ4v) is 1.29. The first kappa shape index (κ1) is 11.8. The Kier molecular flexibility index (Phi) is 3.94. The van der Waals surface area contributed by atoms with Gasteiger partial charge in [0.15, 0.2) is 0 Å². The fourth-order valence-electron chi connectivity index (χ4n) is 1.29. The lowest BCUT2D eigenvalue weighted by Gasteiger charge is -2.25. The van der Waals surface area contributed by atoms with Crippen LogP contribution in [-0.4, -0.2) is 41.1 Å². The van der Waals surface area contributed by atoms with Gasteiger partial charge in [0.1, 0.15) is 6.54 Å². The number of carbonyl (C=O) groups is 2. The van der Waals surface area contributed by atoms with E-state index in [2.05, 4.69) is 5.32 Å². The van der Waals surface area contributed by atoms with Crippen LogP contribution in [0.3, 0.4) is 0 Å². The number of aliphatic carboxylic acids is 1. The number of carboxylic acid groups (broad SMARTS) is 1. The highest BCUT2D eigenvalue weighted by Gasteiger charge is 2.24. The Morgan fingerprint density at radius 2 is 2.07 bits per heavy atom. The number of carbonyl (C=O) groups excluding carboxylic acids is 1. The van der Waals surface area contributed by atoms with E-state index in [1.807, 2.05) is 0 Å². The Labute approximate surface area is 89.4 Å². The van der Waals surface area contributed by atoms with E-state index in [0.29, 0.717) is 12.5 Å². The van der Waals surface area contributed by atoms with E-state index in [1.54, 1.807) is 13.8 Å². The van der Waals surface area contributed by atoms with Crippen molar-refractivity contribution in [2.24, 2.45) is 5.92 Å². The SMILES string of the molecule is CC(C)N(CC(=O)O)C(=O)NCC1CC1. The van der Waals surface area contributed by atoms with Crippen molar-refractivity contribution in [3.63, 3.8) is 0 Å². The maximum Gasteiger partial charge on any atom is 0.323 e. The second kappa shape index (κ2) is 5.00. The Morgan fingerprint density at radius 3 is 2.47 bits per heavy atom. The van der Waals surface area contributed by atoms with E-state index in [-0.39, 0.29) is 18.6 Å². The molecule has 2 amide bonds. The van der Waals surface area contributed by atoms with Gasteiger partial charge in [-0.1, -0.05) is 0 Å². The van der Waals surface area contributed by atoms with Crippen molar-refractivity contribution in [3.05, 3.63) is 0 Å². The van der Waals surface area contributed by atoms with Crippen LogP contribution in [0.1, 0.15) is 26.7 Å². The van der Waals surface area contributed by atoms with Gasteiger partial charge in [0, 0.05) is 12.6 Å². The Morgan fingerprint density at radius 1 is 1.47 bits per heavy atom. The molecule has 1 rings (SSSR count). The molecule has 0 radical (unpaired) electrons. The van der Waals surface area contributed by atoms with Gasteiger partial charge in [-0.15, -0.1) is 0 Å².